The average Bonchev–Trinajstić information content (AvgIpc) is 3.40. The number of hydrogen-bond acceptors (Lipinski definition) is 5. The van der Waals surface area contributed by atoms with Crippen molar-refractivity contribution in [2.75, 3.05) is 5.73 Å². The van der Waals surface area contributed by atoms with E-state index in [4.69, 9.17) is 17.2 Å². The van der Waals surface area contributed by atoms with Crippen LogP contribution in [-0.2, 0) is 22.6 Å². The quantitative estimate of drug-likeness (QED) is 0.249. The first-order valence-corrected chi connectivity index (χ1v) is 8.40. The first-order chi connectivity index (χ1) is 12.6. The minimum absolute atomic E-state index is 0.176. The van der Waals surface area contributed by atoms with Gasteiger partial charge in [-0.1, -0.05) is 6.07 Å². The number of nitrogens with one attached hydrogen (secondary N) is 1. The third-order valence-corrected chi connectivity index (χ3v) is 4.24. The Kier molecular flexibility index (Phi) is 6.37. The molecule has 1 fully saturated rings. The molecule has 0 heterocycles. The molecule has 0 atom stereocenters. The number of allylic oxidation sites excluding steroid dienone is 2. The van der Waals surface area contributed by atoms with E-state index in [1.165, 1.54) is 6.92 Å². The van der Waals surface area contributed by atoms with Crippen molar-refractivity contribution in [3.63, 3.8) is 0 Å². The molecule has 1 aromatic carbocycles. The largest absolute Gasteiger partial charge is 0.574 e. The maximum atomic E-state index is 12.2. The number of nitrogens with two attached hydrogens (primary N) is 3. The Morgan fingerprint density at radius 3 is 2.52 bits per heavy atom. The highest BCUT2D eigenvalue weighted by atomic mass is 19.4. The van der Waals surface area contributed by atoms with Gasteiger partial charge < -0.3 is 27.3 Å². The van der Waals surface area contributed by atoms with Crippen LogP contribution in [0.1, 0.15) is 42.4 Å². The topological polar surface area (TPSA) is 116 Å². The Morgan fingerprint density at radius 2 is 1.96 bits per heavy atom. The third kappa shape index (κ3) is 5.92. The number of carbonyl (C=O) groups excluding carboxylic acids is 1. The number of ether oxygens (including phenoxy) is 1. The molecule has 0 radical (unpaired) electrons. The lowest BCUT2D eigenvalue weighted by Gasteiger charge is -2.17. The van der Waals surface area contributed by atoms with Crippen LogP contribution < -0.4 is 22.5 Å². The van der Waals surface area contributed by atoms with Crippen molar-refractivity contribution in [1.82, 2.24) is 5.32 Å². The molecule has 1 amide bonds. The van der Waals surface area contributed by atoms with E-state index in [0.717, 1.165) is 41.7 Å². The summed E-state index contributed by atoms with van der Waals surface area (Å²) in [5.41, 5.74) is 20.5. The van der Waals surface area contributed by atoms with E-state index in [1.54, 1.807) is 0 Å². The summed E-state index contributed by atoms with van der Waals surface area (Å²) < 4.78 is 39.7. The molecule has 0 aliphatic heterocycles. The summed E-state index contributed by atoms with van der Waals surface area (Å²) in [5, 5.41) is 2.74. The van der Waals surface area contributed by atoms with Crippen LogP contribution in [0, 0.1) is 0 Å². The minimum Gasteiger partial charge on any atom is -0.398 e. The summed E-state index contributed by atoms with van der Waals surface area (Å²) in [5.74, 6) is -0.855. The highest BCUT2D eigenvalue weighted by Crippen LogP contribution is 2.43. The number of halogens is 3. The Hall–Kier alpha value is -2.68. The van der Waals surface area contributed by atoms with Crippen molar-refractivity contribution < 1.29 is 22.7 Å². The Morgan fingerprint density at radius 1 is 1.30 bits per heavy atom. The Balaban J connectivity index is 2.08. The van der Waals surface area contributed by atoms with E-state index < -0.39 is 18.2 Å². The van der Waals surface area contributed by atoms with Crippen LogP contribution >= 0.6 is 0 Å². The standard InChI is InChI=1S/C18H23F3N4O2/c1-10(2-7-16(24)27-18(19,20)21)17(26)25-9-14-12(11-3-4-11)5-6-15(23)13(14)8-22/h2,5-7,11H,3-4,8-9,22-24H2,1H3,(H,25,26)/b10-2+,16-7+. The highest BCUT2D eigenvalue weighted by molar-refractivity contribution is 5.93. The summed E-state index contributed by atoms with van der Waals surface area (Å²) in [6, 6.07) is 3.77. The van der Waals surface area contributed by atoms with Gasteiger partial charge in [-0.2, -0.15) is 0 Å². The molecule has 0 unspecified atom stereocenters. The van der Waals surface area contributed by atoms with Crippen LogP contribution in [0.15, 0.2) is 35.7 Å². The second-order valence-corrected chi connectivity index (χ2v) is 6.33. The molecule has 1 aliphatic carbocycles. The average molecular weight is 384 g/mol. The van der Waals surface area contributed by atoms with Crippen LogP contribution in [0.25, 0.3) is 0 Å². The van der Waals surface area contributed by atoms with Crippen molar-refractivity contribution in [3.05, 3.63) is 52.4 Å². The van der Waals surface area contributed by atoms with E-state index in [1.807, 2.05) is 12.1 Å². The molecule has 0 aromatic heterocycles. The minimum atomic E-state index is -4.88. The molecule has 0 bridgehead atoms. The summed E-state index contributed by atoms with van der Waals surface area (Å²) in [6.07, 6.45) is -0.685. The van der Waals surface area contributed by atoms with Gasteiger partial charge in [-0.25, -0.2) is 0 Å². The zero-order chi connectivity index (χ0) is 20.2. The monoisotopic (exact) mass is 384 g/mol. The summed E-state index contributed by atoms with van der Waals surface area (Å²) in [7, 11) is 0. The zero-order valence-corrected chi connectivity index (χ0v) is 14.9. The van der Waals surface area contributed by atoms with Gasteiger partial charge in [-0.3, -0.25) is 4.79 Å². The zero-order valence-electron chi connectivity index (χ0n) is 14.9. The maximum Gasteiger partial charge on any atom is 0.574 e. The predicted octanol–water partition coefficient (Wildman–Crippen LogP) is 2.50. The summed E-state index contributed by atoms with van der Waals surface area (Å²) in [6.45, 7) is 1.93. The van der Waals surface area contributed by atoms with Gasteiger partial charge in [0, 0.05) is 24.4 Å². The lowest BCUT2D eigenvalue weighted by Crippen LogP contribution is -2.25. The van der Waals surface area contributed by atoms with E-state index in [9.17, 15) is 18.0 Å². The molecule has 148 valence electrons. The van der Waals surface area contributed by atoms with Gasteiger partial charge in [0.25, 0.3) is 0 Å². The van der Waals surface area contributed by atoms with Crippen molar-refractivity contribution in [2.24, 2.45) is 11.5 Å². The number of anilines is 1. The van der Waals surface area contributed by atoms with Gasteiger partial charge in [0.15, 0.2) is 5.88 Å². The Bertz CT molecular complexity index is 769. The van der Waals surface area contributed by atoms with Crippen LogP contribution in [0.4, 0.5) is 18.9 Å². The fraction of sp³-hybridized carbons (Fsp3) is 0.389. The van der Waals surface area contributed by atoms with Crippen molar-refractivity contribution in [3.8, 4) is 0 Å². The molecule has 2 rings (SSSR count). The molecular weight excluding hydrogens is 361 g/mol. The predicted molar refractivity (Wildman–Crippen MR) is 95.7 cm³/mol. The van der Waals surface area contributed by atoms with Crippen LogP contribution in [0.5, 0.6) is 0 Å². The smallest absolute Gasteiger partial charge is 0.398 e. The summed E-state index contributed by atoms with van der Waals surface area (Å²) >= 11 is 0. The van der Waals surface area contributed by atoms with Gasteiger partial charge in [0.05, 0.1) is 0 Å². The van der Waals surface area contributed by atoms with E-state index in [0.29, 0.717) is 11.6 Å². The number of rotatable bonds is 7. The molecule has 1 aromatic rings. The molecule has 7 N–H and O–H groups in total. The molecule has 1 aliphatic rings. The molecule has 1 saturated carbocycles. The molecule has 9 heteroatoms. The van der Waals surface area contributed by atoms with Crippen molar-refractivity contribution in [2.45, 2.75) is 45.1 Å². The van der Waals surface area contributed by atoms with Crippen LogP contribution in [-0.4, -0.2) is 12.3 Å². The van der Waals surface area contributed by atoms with Gasteiger partial charge in [0.1, 0.15) is 0 Å². The van der Waals surface area contributed by atoms with E-state index in [2.05, 4.69) is 10.1 Å². The number of hydrogen-bond donors (Lipinski definition) is 4. The number of alkyl halides is 3. The van der Waals surface area contributed by atoms with Gasteiger partial charge in [0.2, 0.25) is 5.91 Å². The van der Waals surface area contributed by atoms with Gasteiger partial charge in [-0.05, 0) is 60.6 Å². The lowest BCUT2D eigenvalue weighted by molar-refractivity contribution is -0.305. The third-order valence-electron chi connectivity index (χ3n) is 4.24. The van der Waals surface area contributed by atoms with Crippen molar-refractivity contribution >= 4 is 11.6 Å². The number of nitrogen functional groups attached to an aromatic ring is 1. The van der Waals surface area contributed by atoms with E-state index >= 15 is 0 Å². The van der Waals surface area contributed by atoms with E-state index in [-0.39, 0.29) is 18.7 Å². The number of amides is 1. The normalized spacial score (nSPS) is 15.6. The molecule has 0 saturated heterocycles. The maximum absolute atomic E-state index is 12.2. The Labute approximate surface area is 155 Å². The van der Waals surface area contributed by atoms with Crippen LogP contribution in [0.2, 0.25) is 0 Å². The first kappa shape index (κ1) is 20.6. The first-order valence-electron chi connectivity index (χ1n) is 8.40. The lowest BCUT2D eigenvalue weighted by atomic mass is 9.96. The molecule has 6 nitrogen and oxygen atoms in total. The van der Waals surface area contributed by atoms with Crippen LogP contribution in [0.3, 0.4) is 0 Å². The van der Waals surface area contributed by atoms with Gasteiger partial charge in [-0.15, -0.1) is 13.2 Å². The second kappa shape index (κ2) is 8.34. The highest BCUT2D eigenvalue weighted by Gasteiger charge is 2.31. The fourth-order valence-corrected chi connectivity index (χ4v) is 2.71. The molecule has 27 heavy (non-hydrogen) atoms. The number of benzene rings is 1. The molecular formula is C18H23F3N4O2. The van der Waals surface area contributed by atoms with Crippen molar-refractivity contribution in [1.29, 1.82) is 0 Å². The number of carbonyl (C=O) groups is 1. The second-order valence-electron chi connectivity index (χ2n) is 6.33. The SMILES string of the molecule is C/C(=C\C=C(/N)OC(F)(F)F)C(=O)NCc1c(C2CC2)ccc(N)c1CN. The summed E-state index contributed by atoms with van der Waals surface area (Å²) in [4.78, 5) is 12.2. The molecule has 0 spiro atoms. The van der Waals surface area contributed by atoms with Gasteiger partial charge >= 0.3 is 6.36 Å². The fourth-order valence-electron chi connectivity index (χ4n) is 2.71.